The zero-order valence-corrected chi connectivity index (χ0v) is 12.4. The number of nitrogens with zero attached hydrogens (tertiary/aromatic N) is 1. The fourth-order valence-electron chi connectivity index (χ4n) is 2.31. The van der Waals surface area contributed by atoms with Gasteiger partial charge in [0.2, 0.25) is 0 Å². The second kappa shape index (κ2) is 6.05. The van der Waals surface area contributed by atoms with Crippen LogP contribution >= 0.6 is 27.5 Å². The van der Waals surface area contributed by atoms with Gasteiger partial charge in [0.25, 0.3) is 0 Å². The van der Waals surface area contributed by atoms with Gasteiger partial charge in [-0.1, -0.05) is 31.4 Å². The number of halogens is 2. The minimum atomic E-state index is 0.516. The maximum Gasteiger partial charge on any atom is 0.143 e. The molecule has 4 heteroatoms. The molecule has 1 N–H and O–H groups in total. The third-order valence-electron chi connectivity index (χ3n) is 3.53. The van der Waals surface area contributed by atoms with Gasteiger partial charge < -0.3 is 5.32 Å². The third kappa shape index (κ3) is 3.85. The fraction of sp³-hybridized carbons (Fsp3) is 0.615. The van der Waals surface area contributed by atoms with E-state index in [-0.39, 0.29) is 0 Å². The van der Waals surface area contributed by atoms with Gasteiger partial charge in [-0.15, -0.1) is 0 Å². The van der Waals surface area contributed by atoms with Crippen molar-refractivity contribution < 1.29 is 0 Å². The Balaban J connectivity index is 1.83. The summed E-state index contributed by atoms with van der Waals surface area (Å²) < 4.78 is 0.849. The summed E-state index contributed by atoms with van der Waals surface area (Å²) in [6.07, 6.45) is 7.22. The number of aromatic nitrogens is 1. The summed E-state index contributed by atoms with van der Waals surface area (Å²) in [5.41, 5.74) is 1.04. The second-order valence-corrected chi connectivity index (χ2v) is 6.22. The fourth-order valence-corrected chi connectivity index (χ4v) is 2.77. The van der Waals surface area contributed by atoms with Gasteiger partial charge in [-0.25, -0.2) is 4.98 Å². The van der Waals surface area contributed by atoms with E-state index in [4.69, 9.17) is 11.6 Å². The number of rotatable bonds is 3. The molecule has 2 rings (SSSR count). The van der Waals surface area contributed by atoms with Crippen molar-refractivity contribution in [2.24, 2.45) is 11.8 Å². The summed E-state index contributed by atoms with van der Waals surface area (Å²) in [7, 11) is 0. The Morgan fingerprint density at radius 3 is 2.76 bits per heavy atom. The molecule has 2 nitrogen and oxygen atoms in total. The number of anilines is 1. The Morgan fingerprint density at radius 1 is 1.41 bits per heavy atom. The van der Waals surface area contributed by atoms with Crippen molar-refractivity contribution in [3.63, 3.8) is 0 Å². The molecule has 0 bridgehead atoms. The summed E-state index contributed by atoms with van der Waals surface area (Å²) >= 11 is 9.25. The van der Waals surface area contributed by atoms with Crippen molar-refractivity contribution in [1.82, 2.24) is 4.98 Å². The van der Waals surface area contributed by atoms with E-state index in [9.17, 15) is 0 Å². The highest BCUT2D eigenvalue weighted by atomic mass is 79.9. The highest BCUT2D eigenvalue weighted by Gasteiger charge is 2.17. The summed E-state index contributed by atoms with van der Waals surface area (Å²) in [6, 6.07) is 1.99. The molecule has 0 aliphatic heterocycles. The molecule has 1 fully saturated rings. The van der Waals surface area contributed by atoms with Crippen molar-refractivity contribution in [3.8, 4) is 0 Å². The maximum absolute atomic E-state index is 5.86. The molecule has 1 aliphatic rings. The van der Waals surface area contributed by atoms with Gasteiger partial charge in [0.15, 0.2) is 0 Å². The van der Waals surface area contributed by atoms with Gasteiger partial charge in [0, 0.05) is 6.54 Å². The van der Waals surface area contributed by atoms with Gasteiger partial charge in [0.1, 0.15) is 5.15 Å². The number of hydrogen-bond acceptors (Lipinski definition) is 2. The predicted molar refractivity (Wildman–Crippen MR) is 76.6 cm³/mol. The first-order valence-corrected chi connectivity index (χ1v) is 7.37. The summed E-state index contributed by atoms with van der Waals surface area (Å²) in [5, 5.41) is 3.96. The normalized spacial score (nSPS) is 24.6. The van der Waals surface area contributed by atoms with Crippen molar-refractivity contribution in [1.29, 1.82) is 0 Å². The van der Waals surface area contributed by atoms with Crippen molar-refractivity contribution in [3.05, 3.63) is 21.9 Å². The standard InChI is InChI=1S/C13H18BrClN2/c1-9-2-4-10(5-3-9)7-16-11-6-12(14)13(15)17-8-11/h6,8-10,16H,2-5,7H2,1H3. The lowest BCUT2D eigenvalue weighted by molar-refractivity contribution is 0.300. The quantitative estimate of drug-likeness (QED) is 0.815. The first-order chi connectivity index (χ1) is 8.15. The molecule has 0 spiro atoms. The smallest absolute Gasteiger partial charge is 0.143 e. The molecule has 1 saturated carbocycles. The van der Waals surface area contributed by atoms with Crippen LogP contribution in [-0.4, -0.2) is 11.5 Å². The highest BCUT2D eigenvalue weighted by molar-refractivity contribution is 9.10. The lowest BCUT2D eigenvalue weighted by Crippen LogP contribution is -2.20. The Bertz CT molecular complexity index is 376. The molecule has 1 aromatic heterocycles. The highest BCUT2D eigenvalue weighted by Crippen LogP contribution is 2.29. The van der Waals surface area contributed by atoms with Crippen LogP contribution in [0.15, 0.2) is 16.7 Å². The topological polar surface area (TPSA) is 24.9 Å². The Kier molecular flexibility index (Phi) is 4.69. The van der Waals surface area contributed by atoms with Crippen LogP contribution < -0.4 is 5.32 Å². The molecule has 0 radical (unpaired) electrons. The number of nitrogens with one attached hydrogen (secondary N) is 1. The minimum Gasteiger partial charge on any atom is -0.383 e. The van der Waals surface area contributed by atoms with Crippen LogP contribution in [0.25, 0.3) is 0 Å². The van der Waals surface area contributed by atoms with E-state index in [0.29, 0.717) is 5.15 Å². The first-order valence-electron chi connectivity index (χ1n) is 6.20. The van der Waals surface area contributed by atoms with Crippen LogP contribution in [0.2, 0.25) is 5.15 Å². The van der Waals surface area contributed by atoms with Gasteiger partial charge in [-0.05, 0) is 46.7 Å². The predicted octanol–water partition coefficient (Wildman–Crippen LogP) is 4.74. The molecule has 1 heterocycles. The van der Waals surface area contributed by atoms with E-state index in [0.717, 1.165) is 28.5 Å². The molecular weight excluding hydrogens is 300 g/mol. The first kappa shape index (κ1) is 13.2. The molecule has 0 unspecified atom stereocenters. The van der Waals surface area contributed by atoms with Gasteiger partial charge in [-0.2, -0.15) is 0 Å². The molecule has 0 atom stereocenters. The minimum absolute atomic E-state index is 0.516. The van der Waals surface area contributed by atoms with Crippen molar-refractivity contribution in [2.75, 3.05) is 11.9 Å². The van der Waals surface area contributed by atoms with Gasteiger partial charge >= 0.3 is 0 Å². The molecule has 1 aliphatic carbocycles. The lowest BCUT2D eigenvalue weighted by Gasteiger charge is -2.26. The Morgan fingerprint density at radius 2 is 2.12 bits per heavy atom. The average molecular weight is 318 g/mol. The third-order valence-corrected chi connectivity index (χ3v) is 4.66. The zero-order valence-electron chi connectivity index (χ0n) is 10.0. The SMILES string of the molecule is CC1CCC(CNc2cnc(Cl)c(Br)c2)CC1. The van der Waals surface area contributed by atoms with Crippen LogP contribution in [0.4, 0.5) is 5.69 Å². The monoisotopic (exact) mass is 316 g/mol. The second-order valence-electron chi connectivity index (χ2n) is 5.00. The molecule has 0 aromatic carbocycles. The van der Waals surface area contributed by atoms with Crippen LogP contribution in [-0.2, 0) is 0 Å². The number of hydrogen-bond donors (Lipinski definition) is 1. The van der Waals surface area contributed by atoms with Crippen LogP contribution in [0.3, 0.4) is 0 Å². The zero-order chi connectivity index (χ0) is 12.3. The Hall–Kier alpha value is -0.280. The lowest BCUT2D eigenvalue weighted by atomic mass is 9.83. The van der Waals surface area contributed by atoms with Crippen molar-refractivity contribution in [2.45, 2.75) is 32.6 Å². The summed E-state index contributed by atoms with van der Waals surface area (Å²) in [5.74, 6) is 1.72. The van der Waals surface area contributed by atoms with E-state index in [1.165, 1.54) is 25.7 Å². The van der Waals surface area contributed by atoms with E-state index in [1.807, 2.05) is 6.07 Å². The average Bonchev–Trinajstić information content (AvgIpc) is 2.33. The Labute approximate surface area is 116 Å². The van der Waals surface area contributed by atoms with E-state index < -0.39 is 0 Å². The van der Waals surface area contributed by atoms with Crippen LogP contribution in [0.5, 0.6) is 0 Å². The molecule has 17 heavy (non-hydrogen) atoms. The molecule has 94 valence electrons. The van der Waals surface area contributed by atoms with E-state index in [1.54, 1.807) is 6.20 Å². The van der Waals surface area contributed by atoms with Crippen LogP contribution in [0, 0.1) is 11.8 Å². The molecule has 1 aromatic rings. The van der Waals surface area contributed by atoms with Gasteiger partial charge in [0.05, 0.1) is 16.4 Å². The number of pyridine rings is 1. The van der Waals surface area contributed by atoms with E-state index in [2.05, 4.69) is 33.2 Å². The van der Waals surface area contributed by atoms with Crippen LogP contribution in [0.1, 0.15) is 32.6 Å². The molecule has 0 saturated heterocycles. The van der Waals surface area contributed by atoms with E-state index >= 15 is 0 Å². The summed E-state index contributed by atoms with van der Waals surface area (Å²) in [6.45, 7) is 3.40. The molecular formula is C13H18BrClN2. The van der Waals surface area contributed by atoms with Gasteiger partial charge in [-0.3, -0.25) is 0 Å². The maximum atomic E-state index is 5.86. The largest absolute Gasteiger partial charge is 0.383 e. The van der Waals surface area contributed by atoms with Crippen molar-refractivity contribution >= 4 is 33.2 Å². The molecule has 0 amide bonds. The summed E-state index contributed by atoms with van der Waals surface area (Å²) in [4.78, 5) is 4.11.